The molecular formula is C33H32Cl2F3NO4S. The molecule has 3 aromatic carbocycles. The zero-order chi connectivity index (χ0) is 32.2. The van der Waals surface area contributed by atoms with Crippen LogP contribution in [-0.4, -0.2) is 21.7 Å². The summed E-state index contributed by atoms with van der Waals surface area (Å²) in [6.45, 7) is 7.12. The Morgan fingerprint density at radius 3 is 2.20 bits per heavy atom. The minimum absolute atomic E-state index is 0.116. The first-order valence-electron chi connectivity index (χ1n) is 13.9. The van der Waals surface area contributed by atoms with E-state index < -0.39 is 29.4 Å². The van der Waals surface area contributed by atoms with Gasteiger partial charge in [-0.25, -0.2) is 9.78 Å². The highest BCUT2D eigenvalue weighted by atomic mass is 35.5. The maximum absolute atomic E-state index is 13.1. The van der Waals surface area contributed by atoms with Crippen LogP contribution >= 0.6 is 34.5 Å². The summed E-state index contributed by atoms with van der Waals surface area (Å²) in [5.74, 6) is -0.982. The van der Waals surface area contributed by atoms with Crippen molar-refractivity contribution in [3.05, 3.63) is 104 Å². The van der Waals surface area contributed by atoms with Crippen molar-refractivity contribution in [2.45, 2.75) is 71.4 Å². The third-order valence-electron chi connectivity index (χ3n) is 7.15. The third kappa shape index (κ3) is 8.13. The van der Waals surface area contributed by atoms with Crippen LogP contribution in [0.15, 0.2) is 60.7 Å². The highest BCUT2D eigenvalue weighted by Crippen LogP contribution is 2.40. The summed E-state index contributed by atoms with van der Waals surface area (Å²) >= 11 is 14.5. The molecule has 0 aliphatic carbocycles. The minimum Gasteiger partial charge on any atom is -0.478 e. The van der Waals surface area contributed by atoms with Crippen LogP contribution in [0, 0.1) is 6.92 Å². The zero-order valence-electron chi connectivity index (χ0n) is 24.6. The van der Waals surface area contributed by atoms with Gasteiger partial charge in [0.15, 0.2) is 5.60 Å². The maximum atomic E-state index is 13.1. The molecule has 1 heterocycles. The number of nitrogens with zero attached hydrogens (tertiary/aromatic N) is 1. The first-order valence-corrected chi connectivity index (χ1v) is 15.5. The quantitative estimate of drug-likeness (QED) is 0.163. The van der Waals surface area contributed by atoms with Crippen LogP contribution in [0.2, 0.25) is 10.0 Å². The molecule has 0 aliphatic heterocycles. The average molecular weight is 667 g/mol. The number of halogens is 5. The second-order valence-corrected chi connectivity index (χ2v) is 12.6. The number of carboxylic acid groups (broad SMARTS) is 1. The van der Waals surface area contributed by atoms with E-state index in [1.807, 2.05) is 19.1 Å². The molecule has 0 spiro atoms. The molecule has 1 atom stereocenters. The standard InChI is InChI=1S/C33H32Cl2F3NO4S/c1-5-20-6-8-21(9-7-20)18-42-26(17-13-22-12-16-25(28(35)27(22)34)43-32(3,4)31(40)41)29-19(2)39-30(44-29)23-10-14-24(15-11-23)33(36,37)38/h6-12,14-16,26H,5,13,17-18H2,1-4H3,(H,40,41). The fraction of sp³-hybridized carbons (Fsp3) is 0.333. The lowest BCUT2D eigenvalue weighted by atomic mass is 10.0. The highest BCUT2D eigenvalue weighted by molar-refractivity contribution is 7.15. The van der Waals surface area contributed by atoms with Gasteiger partial charge in [0.05, 0.1) is 33.9 Å². The van der Waals surface area contributed by atoms with Crippen LogP contribution in [0.1, 0.15) is 66.1 Å². The van der Waals surface area contributed by atoms with Crippen LogP contribution in [-0.2, 0) is 35.2 Å². The van der Waals surface area contributed by atoms with Crippen molar-refractivity contribution in [3.63, 3.8) is 0 Å². The molecule has 0 saturated carbocycles. The summed E-state index contributed by atoms with van der Waals surface area (Å²) in [5, 5.41) is 10.4. The second kappa shape index (κ2) is 13.9. The summed E-state index contributed by atoms with van der Waals surface area (Å²) in [5.41, 5.74) is 2.03. The predicted octanol–water partition coefficient (Wildman–Crippen LogP) is 10.1. The Balaban J connectivity index is 1.59. The van der Waals surface area contributed by atoms with Crippen LogP contribution in [0.3, 0.4) is 0 Å². The van der Waals surface area contributed by atoms with E-state index in [1.54, 1.807) is 12.1 Å². The number of thiazole rings is 1. The molecule has 0 fully saturated rings. The van der Waals surface area contributed by atoms with E-state index in [0.717, 1.165) is 40.3 Å². The number of aromatic nitrogens is 1. The zero-order valence-corrected chi connectivity index (χ0v) is 26.9. The van der Waals surface area contributed by atoms with Crippen LogP contribution in [0.4, 0.5) is 13.2 Å². The van der Waals surface area contributed by atoms with Gasteiger partial charge < -0.3 is 14.6 Å². The van der Waals surface area contributed by atoms with E-state index in [0.29, 0.717) is 30.0 Å². The van der Waals surface area contributed by atoms with E-state index in [2.05, 4.69) is 24.0 Å². The van der Waals surface area contributed by atoms with Crippen LogP contribution < -0.4 is 4.74 Å². The molecule has 234 valence electrons. The predicted molar refractivity (Wildman–Crippen MR) is 168 cm³/mol. The van der Waals surface area contributed by atoms with Crippen molar-refractivity contribution in [1.29, 1.82) is 0 Å². The normalized spacial score (nSPS) is 12.8. The van der Waals surface area contributed by atoms with E-state index in [4.69, 9.17) is 32.7 Å². The third-order valence-corrected chi connectivity index (χ3v) is 9.35. The fourth-order valence-electron chi connectivity index (χ4n) is 4.44. The molecule has 11 heteroatoms. The van der Waals surface area contributed by atoms with E-state index >= 15 is 0 Å². The highest BCUT2D eigenvalue weighted by Gasteiger charge is 2.32. The molecular weight excluding hydrogens is 634 g/mol. The Morgan fingerprint density at radius 1 is 0.977 bits per heavy atom. The molecule has 0 aliphatic rings. The van der Waals surface area contributed by atoms with Gasteiger partial charge in [0.1, 0.15) is 15.8 Å². The first-order chi connectivity index (χ1) is 20.7. The molecule has 5 nitrogen and oxygen atoms in total. The number of rotatable bonds is 12. The Bertz CT molecular complexity index is 1600. The largest absolute Gasteiger partial charge is 0.478 e. The molecule has 0 amide bonds. The number of ether oxygens (including phenoxy) is 2. The lowest BCUT2D eigenvalue weighted by Crippen LogP contribution is -2.38. The molecule has 44 heavy (non-hydrogen) atoms. The average Bonchev–Trinajstić information content (AvgIpc) is 3.37. The van der Waals surface area contributed by atoms with Crippen molar-refractivity contribution in [1.82, 2.24) is 4.98 Å². The van der Waals surface area contributed by atoms with Gasteiger partial charge in [-0.05, 0) is 74.9 Å². The van der Waals surface area contributed by atoms with Gasteiger partial charge in [-0.2, -0.15) is 13.2 Å². The topological polar surface area (TPSA) is 68.7 Å². The molecule has 0 radical (unpaired) electrons. The van der Waals surface area contributed by atoms with Crippen LogP contribution in [0.25, 0.3) is 10.6 Å². The summed E-state index contributed by atoms with van der Waals surface area (Å²) < 4.78 is 51.3. The second-order valence-electron chi connectivity index (χ2n) is 10.8. The molecule has 1 unspecified atom stereocenters. The van der Waals surface area contributed by atoms with E-state index in [1.165, 1.54) is 42.9 Å². The van der Waals surface area contributed by atoms with Gasteiger partial charge in [0.25, 0.3) is 0 Å². The Kier molecular flexibility index (Phi) is 10.7. The van der Waals surface area contributed by atoms with Gasteiger partial charge in [-0.3, -0.25) is 0 Å². The van der Waals surface area contributed by atoms with E-state index in [9.17, 15) is 23.1 Å². The van der Waals surface area contributed by atoms with E-state index in [-0.39, 0.29) is 15.8 Å². The van der Waals surface area contributed by atoms with Crippen molar-refractivity contribution in [2.75, 3.05) is 0 Å². The number of hydrogen-bond acceptors (Lipinski definition) is 5. The molecule has 4 aromatic rings. The number of carboxylic acids is 1. The number of aliphatic carboxylic acids is 1. The van der Waals surface area contributed by atoms with Crippen molar-refractivity contribution in [3.8, 4) is 16.3 Å². The number of aryl methyl sites for hydroxylation is 3. The fourth-order valence-corrected chi connectivity index (χ4v) is 6.07. The lowest BCUT2D eigenvalue weighted by molar-refractivity contribution is -0.152. The number of hydrogen-bond donors (Lipinski definition) is 1. The Labute approximate surface area is 268 Å². The van der Waals surface area contributed by atoms with Crippen LogP contribution in [0.5, 0.6) is 5.75 Å². The van der Waals surface area contributed by atoms with Gasteiger partial charge in [-0.1, -0.05) is 72.6 Å². The molecule has 0 bridgehead atoms. The summed E-state index contributed by atoms with van der Waals surface area (Å²) in [4.78, 5) is 17.0. The monoisotopic (exact) mass is 665 g/mol. The summed E-state index contributed by atoms with van der Waals surface area (Å²) in [6, 6.07) is 16.5. The van der Waals surface area contributed by atoms with Crippen molar-refractivity contribution < 1.29 is 32.5 Å². The van der Waals surface area contributed by atoms with Gasteiger partial charge in [-0.15, -0.1) is 11.3 Å². The smallest absolute Gasteiger partial charge is 0.416 e. The molecule has 0 saturated heterocycles. The van der Waals surface area contributed by atoms with Crippen molar-refractivity contribution in [2.24, 2.45) is 0 Å². The SMILES string of the molecule is CCc1ccc(COC(CCc2ccc(OC(C)(C)C(=O)O)c(Cl)c2Cl)c2sc(-c3ccc(C(F)(F)F)cc3)nc2C)cc1. The van der Waals surface area contributed by atoms with Gasteiger partial charge in [0, 0.05) is 5.56 Å². The molecule has 1 N–H and O–H groups in total. The number of carbonyl (C=O) groups is 1. The Morgan fingerprint density at radius 2 is 1.61 bits per heavy atom. The summed E-state index contributed by atoms with van der Waals surface area (Å²) in [6.07, 6.45) is -2.93. The number of benzene rings is 3. The molecule has 4 rings (SSSR count). The minimum atomic E-state index is -4.42. The maximum Gasteiger partial charge on any atom is 0.416 e. The lowest BCUT2D eigenvalue weighted by Gasteiger charge is -2.23. The number of alkyl halides is 3. The van der Waals surface area contributed by atoms with Gasteiger partial charge in [0.2, 0.25) is 0 Å². The van der Waals surface area contributed by atoms with Crippen molar-refractivity contribution >= 4 is 40.5 Å². The summed E-state index contributed by atoms with van der Waals surface area (Å²) in [7, 11) is 0. The molecule has 1 aromatic heterocycles. The Hall–Kier alpha value is -3.11. The first kappa shape index (κ1) is 33.8. The van der Waals surface area contributed by atoms with Gasteiger partial charge >= 0.3 is 12.1 Å².